The third-order valence-corrected chi connectivity index (χ3v) is 8.44. The van der Waals surface area contributed by atoms with E-state index in [2.05, 4.69) is 146 Å². The highest BCUT2D eigenvalue weighted by molar-refractivity contribution is 5.83. The minimum Gasteiger partial charge on any atom is -0.496 e. The Hall–Kier alpha value is -5.61. The molecule has 4 nitrogen and oxygen atoms in total. The van der Waals surface area contributed by atoms with Gasteiger partial charge in [-0.25, -0.2) is 0 Å². The molecule has 0 radical (unpaired) electrons. The van der Waals surface area contributed by atoms with E-state index in [4.69, 9.17) is 4.74 Å². The number of aldehydes is 1. The van der Waals surface area contributed by atoms with Crippen LogP contribution in [0.3, 0.4) is 0 Å². The summed E-state index contributed by atoms with van der Waals surface area (Å²) in [7, 11) is 1.71. The maximum absolute atomic E-state index is 11.5. The van der Waals surface area contributed by atoms with Crippen LogP contribution in [-0.4, -0.2) is 13.4 Å². The average Bonchev–Trinajstić information content (AvgIpc) is 3.08. The number of rotatable bonds is 9. The second-order valence-corrected chi connectivity index (χ2v) is 11.7. The van der Waals surface area contributed by atoms with Crippen LogP contribution in [0.15, 0.2) is 133 Å². The molecule has 0 saturated carbocycles. The average molecular weight is 603 g/mol. The van der Waals surface area contributed by atoms with Crippen molar-refractivity contribution >= 4 is 40.4 Å². The minimum atomic E-state index is 0.703. The first-order valence-electron chi connectivity index (χ1n) is 15.5. The zero-order chi connectivity index (χ0) is 32.2. The summed E-state index contributed by atoms with van der Waals surface area (Å²) in [4.78, 5) is 16.0. The van der Waals surface area contributed by atoms with Crippen molar-refractivity contribution in [1.29, 1.82) is 0 Å². The van der Waals surface area contributed by atoms with E-state index in [1.807, 2.05) is 25.1 Å². The topological polar surface area (TPSA) is 32.8 Å². The van der Waals surface area contributed by atoms with Crippen molar-refractivity contribution in [1.82, 2.24) is 0 Å². The maximum atomic E-state index is 11.5. The van der Waals surface area contributed by atoms with Gasteiger partial charge in [0, 0.05) is 39.7 Å². The number of ether oxygens (including phenoxy) is 1. The highest BCUT2D eigenvalue weighted by atomic mass is 16.5. The van der Waals surface area contributed by atoms with Crippen LogP contribution in [0.1, 0.15) is 32.6 Å². The van der Waals surface area contributed by atoms with Gasteiger partial charge in [0.1, 0.15) is 12.0 Å². The van der Waals surface area contributed by atoms with Gasteiger partial charge in [0.15, 0.2) is 0 Å². The van der Waals surface area contributed by atoms with E-state index in [1.165, 1.54) is 11.1 Å². The highest BCUT2D eigenvalue weighted by Gasteiger charge is 2.16. The molecule has 0 aliphatic heterocycles. The second-order valence-electron chi connectivity index (χ2n) is 11.7. The van der Waals surface area contributed by atoms with Crippen LogP contribution in [0.5, 0.6) is 5.75 Å². The molecule has 0 spiro atoms. The molecule has 0 heterocycles. The number of nitrogens with zero attached hydrogens (tertiary/aromatic N) is 2. The number of hydrogen-bond acceptors (Lipinski definition) is 4. The van der Waals surface area contributed by atoms with Gasteiger partial charge >= 0.3 is 0 Å². The van der Waals surface area contributed by atoms with Gasteiger partial charge in [-0.05, 0) is 135 Å². The molecule has 4 heteroatoms. The van der Waals surface area contributed by atoms with E-state index in [0.29, 0.717) is 5.56 Å². The molecule has 0 unspecified atom stereocenters. The van der Waals surface area contributed by atoms with Crippen LogP contribution in [0, 0.1) is 27.7 Å². The standard InChI is InChI=1S/C42H38N2O2/c1-29-6-15-36(16-7-29)43(40-23-14-35(28-45)31(3)26-40)38-19-10-33(11-20-38)34-12-21-39(22-13-34)44(37-17-8-30(2)9-18-37)41-24-25-42(46-5)32(4)27-41/h6-28H,1-5H3. The molecule has 0 fully saturated rings. The Morgan fingerprint density at radius 2 is 0.826 bits per heavy atom. The molecule has 0 saturated heterocycles. The summed E-state index contributed by atoms with van der Waals surface area (Å²) < 4.78 is 5.53. The Morgan fingerprint density at radius 3 is 1.20 bits per heavy atom. The van der Waals surface area contributed by atoms with Crippen LogP contribution >= 0.6 is 0 Å². The number of carbonyl (C=O) groups is 1. The molecule has 46 heavy (non-hydrogen) atoms. The second kappa shape index (κ2) is 13.2. The van der Waals surface area contributed by atoms with Gasteiger partial charge in [0.2, 0.25) is 0 Å². The van der Waals surface area contributed by atoms with Crippen LogP contribution < -0.4 is 14.5 Å². The summed E-state index contributed by atoms with van der Waals surface area (Å²) in [5, 5.41) is 0. The quantitative estimate of drug-likeness (QED) is 0.154. The third-order valence-electron chi connectivity index (χ3n) is 8.44. The number of hydrogen-bond donors (Lipinski definition) is 0. The zero-order valence-corrected chi connectivity index (χ0v) is 27.0. The molecule has 0 amide bonds. The van der Waals surface area contributed by atoms with Gasteiger partial charge in [0.05, 0.1) is 7.11 Å². The molecule has 0 bridgehead atoms. The van der Waals surface area contributed by atoms with Crippen molar-refractivity contribution in [2.24, 2.45) is 0 Å². The number of methoxy groups -OCH3 is 1. The summed E-state index contributed by atoms with van der Waals surface area (Å²) in [6, 6.07) is 46.8. The van der Waals surface area contributed by atoms with E-state index in [-0.39, 0.29) is 0 Å². The van der Waals surface area contributed by atoms with Gasteiger partial charge in [-0.3, -0.25) is 4.79 Å². The molecule has 0 aromatic heterocycles. The fourth-order valence-corrected chi connectivity index (χ4v) is 5.82. The van der Waals surface area contributed by atoms with E-state index in [1.54, 1.807) is 7.11 Å². The molecule has 0 aliphatic carbocycles. The van der Waals surface area contributed by atoms with E-state index >= 15 is 0 Å². The Balaban J connectivity index is 1.33. The lowest BCUT2D eigenvalue weighted by Crippen LogP contribution is -2.10. The van der Waals surface area contributed by atoms with Crippen molar-refractivity contribution in [2.75, 3.05) is 16.9 Å². The van der Waals surface area contributed by atoms with E-state index in [0.717, 1.165) is 68.4 Å². The predicted octanol–water partition coefficient (Wildman–Crippen LogP) is 11.3. The highest BCUT2D eigenvalue weighted by Crippen LogP contribution is 2.39. The lowest BCUT2D eigenvalue weighted by atomic mass is 10.0. The summed E-state index contributed by atoms with van der Waals surface area (Å²) in [5.74, 6) is 0.875. The van der Waals surface area contributed by atoms with E-state index < -0.39 is 0 Å². The van der Waals surface area contributed by atoms with Gasteiger partial charge in [0.25, 0.3) is 0 Å². The Morgan fingerprint density at radius 1 is 0.457 bits per heavy atom. The minimum absolute atomic E-state index is 0.703. The fraction of sp³-hybridized carbons (Fsp3) is 0.119. The monoisotopic (exact) mass is 602 g/mol. The van der Waals surface area contributed by atoms with Crippen molar-refractivity contribution in [2.45, 2.75) is 27.7 Å². The third kappa shape index (κ3) is 6.29. The molecule has 6 aromatic carbocycles. The van der Waals surface area contributed by atoms with Gasteiger partial charge in [-0.1, -0.05) is 59.7 Å². The summed E-state index contributed by atoms with van der Waals surface area (Å²) >= 11 is 0. The molecule has 228 valence electrons. The first kappa shape index (κ1) is 30.4. The smallest absolute Gasteiger partial charge is 0.150 e. The largest absolute Gasteiger partial charge is 0.496 e. The van der Waals surface area contributed by atoms with Crippen LogP contribution in [-0.2, 0) is 0 Å². The Bertz CT molecular complexity index is 1960. The predicted molar refractivity (Wildman–Crippen MR) is 192 cm³/mol. The number of carbonyl (C=O) groups excluding carboxylic acids is 1. The van der Waals surface area contributed by atoms with Crippen LogP contribution in [0.4, 0.5) is 34.1 Å². The van der Waals surface area contributed by atoms with Gasteiger partial charge < -0.3 is 14.5 Å². The Labute approximate surface area is 272 Å². The molecular formula is C42H38N2O2. The molecule has 0 aliphatic rings. The first-order valence-corrected chi connectivity index (χ1v) is 15.5. The molecule has 6 aromatic rings. The zero-order valence-electron chi connectivity index (χ0n) is 27.0. The van der Waals surface area contributed by atoms with Crippen LogP contribution in [0.2, 0.25) is 0 Å². The lowest BCUT2D eigenvalue weighted by molar-refractivity contribution is 0.112. The normalized spacial score (nSPS) is 10.8. The summed E-state index contributed by atoms with van der Waals surface area (Å²) in [5.41, 5.74) is 13.8. The lowest BCUT2D eigenvalue weighted by Gasteiger charge is -2.27. The number of aryl methyl sites for hydroxylation is 4. The Kier molecular flexibility index (Phi) is 8.71. The molecular weight excluding hydrogens is 564 g/mol. The van der Waals surface area contributed by atoms with E-state index in [9.17, 15) is 4.79 Å². The van der Waals surface area contributed by atoms with Crippen LogP contribution in [0.25, 0.3) is 11.1 Å². The van der Waals surface area contributed by atoms with Crippen molar-refractivity contribution < 1.29 is 9.53 Å². The molecule has 6 rings (SSSR count). The molecule has 0 N–H and O–H groups in total. The van der Waals surface area contributed by atoms with Gasteiger partial charge in [-0.15, -0.1) is 0 Å². The fourth-order valence-electron chi connectivity index (χ4n) is 5.82. The van der Waals surface area contributed by atoms with Crippen molar-refractivity contribution in [3.05, 3.63) is 161 Å². The summed E-state index contributed by atoms with van der Waals surface area (Å²) in [6.45, 7) is 8.25. The first-order chi connectivity index (χ1) is 22.3. The summed E-state index contributed by atoms with van der Waals surface area (Å²) in [6.07, 6.45) is 0.910. The number of benzene rings is 6. The SMILES string of the molecule is COc1ccc(N(c2ccc(C)cc2)c2ccc(-c3ccc(N(c4ccc(C)cc4)c4ccc(C=O)c(C)c4)cc3)cc2)cc1C. The van der Waals surface area contributed by atoms with Crippen molar-refractivity contribution in [3.63, 3.8) is 0 Å². The maximum Gasteiger partial charge on any atom is 0.150 e. The molecule has 0 atom stereocenters. The number of anilines is 6. The van der Waals surface area contributed by atoms with Gasteiger partial charge in [-0.2, -0.15) is 0 Å². The van der Waals surface area contributed by atoms with Crippen molar-refractivity contribution in [3.8, 4) is 16.9 Å².